The lowest BCUT2D eigenvalue weighted by molar-refractivity contribution is -0.148. The number of hydrogen-bond donors (Lipinski definition) is 0. The first-order valence-electron chi connectivity index (χ1n) is 5.94. The van der Waals surface area contributed by atoms with Gasteiger partial charge in [-0.25, -0.2) is 0 Å². The Morgan fingerprint density at radius 2 is 1.71 bits per heavy atom. The van der Waals surface area contributed by atoms with Crippen LogP contribution >= 0.6 is 0 Å². The minimum Gasteiger partial charge on any atom is -0.465 e. The van der Waals surface area contributed by atoms with E-state index in [0.717, 1.165) is 31.2 Å². The minimum atomic E-state index is -4.88. The van der Waals surface area contributed by atoms with Gasteiger partial charge in [-0.1, -0.05) is 0 Å². The Kier molecular flexibility index (Phi) is 5.31. The van der Waals surface area contributed by atoms with Gasteiger partial charge in [0.15, 0.2) is 17.5 Å². The van der Waals surface area contributed by atoms with Crippen LogP contribution in [0, 0.1) is 5.92 Å². The predicted molar refractivity (Wildman–Crippen MR) is 69.9 cm³/mol. The van der Waals surface area contributed by atoms with Crippen LogP contribution in [0.3, 0.4) is 0 Å². The summed E-state index contributed by atoms with van der Waals surface area (Å²) in [5, 5.41) is 0. The summed E-state index contributed by atoms with van der Waals surface area (Å²) in [6.45, 7) is 2.61. The van der Waals surface area contributed by atoms with Crippen molar-refractivity contribution in [2.24, 2.45) is 5.92 Å². The van der Waals surface area contributed by atoms with Crippen LogP contribution in [-0.2, 0) is 24.5 Å². The van der Waals surface area contributed by atoms with Crippen LogP contribution < -0.4 is 0 Å². The maximum absolute atomic E-state index is 12.7. The topological polar surface area (TPSA) is 94.6 Å². The van der Waals surface area contributed by atoms with Gasteiger partial charge in [0.2, 0.25) is 0 Å². The molecule has 0 saturated carbocycles. The maximum Gasteiger partial charge on any atom is 0.332 e. The zero-order chi connectivity index (χ0) is 16.2. The number of Topliss-reactive ketones (excluding diaryl/α,β-unsaturated/α-hetero) is 2. The van der Waals surface area contributed by atoms with Crippen molar-refractivity contribution in [3.63, 3.8) is 0 Å². The van der Waals surface area contributed by atoms with E-state index < -0.39 is 38.6 Å². The third-order valence-electron chi connectivity index (χ3n) is 2.61. The second kappa shape index (κ2) is 6.57. The van der Waals surface area contributed by atoms with E-state index in [9.17, 15) is 26.7 Å². The first-order chi connectivity index (χ1) is 9.68. The normalized spacial score (nSPS) is 12.5. The molecule has 1 aromatic rings. The number of halogens is 1. The molecular weight excluding hydrogens is 303 g/mol. The Bertz CT molecular complexity index is 662. The Morgan fingerprint density at radius 1 is 1.19 bits per heavy atom. The maximum atomic E-state index is 12.7. The van der Waals surface area contributed by atoms with Gasteiger partial charge in [0.05, 0.1) is 11.5 Å². The van der Waals surface area contributed by atoms with Crippen LogP contribution in [0.1, 0.15) is 24.2 Å². The Balaban J connectivity index is 3.11. The number of hydrogen-bond acceptors (Lipinski definition) is 6. The molecule has 0 aliphatic heterocycles. The van der Waals surface area contributed by atoms with Crippen molar-refractivity contribution in [1.82, 2.24) is 0 Å². The molecule has 1 aromatic carbocycles. The second-order valence-electron chi connectivity index (χ2n) is 4.12. The summed E-state index contributed by atoms with van der Waals surface area (Å²) >= 11 is 0. The van der Waals surface area contributed by atoms with E-state index in [1.807, 2.05) is 0 Å². The SMILES string of the molecule is CCOC(=O)C(C(C)=O)C(=O)c1ccc(S(=O)(=O)F)cc1. The van der Waals surface area contributed by atoms with Crippen LogP contribution in [0.15, 0.2) is 29.2 Å². The Hall–Kier alpha value is -2.09. The van der Waals surface area contributed by atoms with Crippen molar-refractivity contribution in [2.45, 2.75) is 18.7 Å². The van der Waals surface area contributed by atoms with Gasteiger partial charge in [-0.15, -0.1) is 3.89 Å². The summed E-state index contributed by atoms with van der Waals surface area (Å²) in [5.74, 6) is -4.11. The fraction of sp³-hybridized carbons (Fsp3) is 0.308. The van der Waals surface area contributed by atoms with E-state index >= 15 is 0 Å². The summed E-state index contributed by atoms with van der Waals surface area (Å²) in [6, 6.07) is 3.82. The van der Waals surface area contributed by atoms with Crippen LogP contribution in [-0.4, -0.2) is 32.6 Å². The lowest BCUT2D eigenvalue weighted by Gasteiger charge is -2.11. The molecule has 0 heterocycles. The molecule has 1 unspecified atom stereocenters. The number of esters is 1. The first-order valence-corrected chi connectivity index (χ1v) is 7.32. The van der Waals surface area contributed by atoms with Gasteiger partial charge < -0.3 is 4.74 Å². The van der Waals surface area contributed by atoms with Gasteiger partial charge >= 0.3 is 16.2 Å². The highest BCUT2D eigenvalue weighted by Crippen LogP contribution is 2.17. The highest BCUT2D eigenvalue weighted by atomic mass is 32.3. The van der Waals surface area contributed by atoms with Gasteiger partial charge in [0.25, 0.3) is 0 Å². The number of carbonyl (C=O) groups is 3. The molecule has 0 spiro atoms. The molecule has 8 heteroatoms. The molecule has 0 N–H and O–H groups in total. The summed E-state index contributed by atoms with van der Waals surface area (Å²) in [5.41, 5.74) is -0.0874. The second-order valence-corrected chi connectivity index (χ2v) is 5.47. The molecule has 0 aromatic heterocycles. The van der Waals surface area contributed by atoms with E-state index in [1.54, 1.807) is 0 Å². The summed E-state index contributed by atoms with van der Waals surface area (Å²) in [7, 11) is -4.88. The van der Waals surface area contributed by atoms with Crippen molar-refractivity contribution in [1.29, 1.82) is 0 Å². The van der Waals surface area contributed by atoms with Gasteiger partial charge in [0, 0.05) is 5.56 Å². The van der Waals surface area contributed by atoms with Crippen molar-refractivity contribution >= 4 is 27.8 Å². The molecule has 0 aliphatic carbocycles. The third kappa shape index (κ3) is 4.19. The van der Waals surface area contributed by atoms with Crippen molar-refractivity contribution in [3.05, 3.63) is 29.8 Å². The van der Waals surface area contributed by atoms with E-state index in [1.165, 1.54) is 6.92 Å². The Morgan fingerprint density at radius 3 is 2.10 bits per heavy atom. The predicted octanol–water partition coefficient (Wildman–Crippen LogP) is 1.30. The van der Waals surface area contributed by atoms with Crippen LogP contribution in [0.25, 0.3) is 0 Å². The number of rotatable bonds is 6. The highest BCUT2D eigenvalue weighted by molar-refractivity contribution is 7.86. The third-order valence-corrected chi connectivity index (χ3v) is 3.45. The van der Waals surface area contributed by atoms with Crippen molar-refractivity contribution in [3.8, 4) is 0 Å². The van der Waals surface area contributed by atoms with E-state index in [0.29, 0.717) is 0 Å². The fourth-order valence-corrected chi connectivity index (χ4v) is 2.09. The fourth-order valence-electron chi connectivity index (χ4n) is 1.63. The average Bonchev–Trinajstić information content (AvgIpc) is 2.37. The zero-order valence-corrected chi connectivity index (χ0v) is 12.1. The Labute approximate surface area is 121 Å². The number of ketones is 2. The molecule has 21 heavy (non-hydrogen) atoms. The first kappa shape index (κ1) is 17.0. The quantitative estimate of drug-likeness (QED) is 0.340. The molecule has 0 radical (unpaired) electrons. The lowest BCUT2D eigenvalue weighted by Crippen LogP contribution is -2.32. The van der Waals surface area contributed by atoms with Gasteiger partial charge in [0.1, 0.15) is 0 Å². The van der Waals surface area contributed by atoms with Crippen molar-refractivity contribution < 1.29 is 31.4 Å². The standard InChI is InChI=1S/C13H13FO6S/c1-3-20-13(17)11(8(2)15)12(16)9-4-6-10(7-5-9)21(14,18)19/h4-7,11H,3H2,1-2H3. The van der Waals surface area contributed by atoms with Crippen LogP contribution in [0.4, 0.5) is 3.89 Å². The van der Waals surface area contributed by atoms with Crippen molar-refractivity contribution in [2.75, 3.05) is 6.61 Å². The van der Waals surface area contributed by atoms with E-state index in [2.05, 4.69) is 4.74 Å². The molecule has 0 saturated heterocycles. The molecule has 114 valence electrons. The monoisotopic (exact) mass is 316 g/mol. The lowest BCUT2D eigenvalue weighted by atomic mass is 9.94. The summed E-state index contributed by atoms with van der Waals surface area (Å²) in [4.78, 5) is 34.5. The summed E-state index contributed by atoms with van der Waals surface area (Å²) < 4.78 is 38.7. The van der Waals surface area contributed by atoms with Gasteiger partial charge in [-0.05, 0) is 38.1 Å². The molecule has 6 nitrogen and oxygen atoms in total. The zero-order valence-electron chi connectivity index (χ0n) is 11.3. The van der Waals surface area contributed by atoms with Crippen LogP contribution in [0.2, 0.25) is 0 Å². The highest BCUT2D eigenvalue weighted by Gasteiger charge is 2.33. The molecule has 0 bridgehead atoms. The molecule has 0 amide bonds. The number of carbonyl (C=O) groups excluding carboxylic acids is 3. The molecule has 1 rings (SSSR count). The van der Waals surface area contributed by atoms with Crippen LogP contribution in [0.5, 0.6) is 0 Å². The van der Waals surface area contributed by atoms with E-state index in [4.69, 9.17) is 0 Å². The minimum absolute atomic E-state index is 0.00886. The summed E-state index contributed by atoms with van der Waals surface area (Å²) in [6.07, 6.45) is 0. The number of ether oxygens (including phenoxy) is 1. The molecule has 1 atom stereocenters. The molecule has 0 aliphatic rings. The molecule has 0 fully saturated rings. The largest absolute Gasteiger partial charge is 0.465 e. The average molecular weight is 316 g/mol. The smallest absolute Gasteiger partial charge is 0.332 e. The van der Waals surface area contributed by atoms with Gasteiger partial charge in [-0.3, -0.25) is 14.4 Å². The number of benzene rings is 1. The molecular formula is C13H13FO6S. The van der Waals surface area contributed by atoms with Gasteiger partial charge in [-0.2, -0.15) is 8.42 Å². The van der Waals surface area contributed by atoms with E-state index in [-0.39, 0.29) is 12.2 Å².